The lowest BCUT2D eigenvalue weighted by molar-refractivity contribution is -0.906. The largest absolute Gasteiger partial charge is 0.466 e. The average Bonchev–Trinajstić information content (AvgIpc) is 2.53. The number of hydrogen-bond donors (Lipinski definition) is 2. The van der Waals surface area contributed by atoms with Crippen molar-refractivity contribution < 1.29 is 23.6 Å². The number of esters is 1. The van der Waals surface area contributed by atoms with Crippen LogP contribution in [0.2, 0.25) is 0 Å². The van der Waals surface area contributed by atoms with Crippen LogP contribution in [0.3, 0.4) is 0 Å². The van der Waals surface area contributed by atoms with Crippen LogP contribution >= 0.6 is 0 Å². The Kier molecular flexibility index (Phi) is 6.52. The van der Waals surface area contributed by atoms with E-state index in [0.717, 1.165) is 19.4 Å². The maximum atomic E-state index is 13.1. The van der Waals surface area contributed by atoms with Crippen molar-refractivity contribution in [2.45, 2.75) is 26.2 Å². The molecule has 2 unspecified atom stereocenters. The molecular weight excluding hydrogens is 299 g/mol. The van der Waals surface area contributed by atoms with Gasteiger partial charge in [-0.25, -0.2) is 4.39 Å². The first kappa shape index (κ1) is 17.4. The number of rotatable bonds is 6. The third kappa shape index (κ3) is 5.63. The van der Waals surface area contributed by atoms with Crippen molar-refractivity contribution in [3.05, 3.63) is 30.1 Å². The topological polar surface area (TPSA) is 59.8 Å². The molecule has 5 nitrogen and oxygen atoms in total. The predicted octanol–water partition coefficient (Wildman–Crippen LogP) is 1.01. The molecule has 0 spiro atoms. The fourth-order valence-electron chi connectivity index (χ4n) is 2.92. The number of carbonyl (C=O) groups is 2. The van der Waals surface area contributed by atoms with E-state index in [4.69, 9.17) is 4.74 Å². The molecule has 126 valence electrons. The van der Waals surface area contributed by atoms with Crippen LogP contribution in [-0.4, -0.2) is 38.1 Å². The van der Waals surface area contributed by atoms with Crippen LogP contribution in [0.15, 0.2) is 24.3 Å². The summed E-state index contributed by atoms with van der Waals surface area (Å²) in [6.45, 7) is 4.55. The summed E-state index contributed by atoms with van der Waals surface area (Å²) in [5.41, 5.74) is 0.466. The Morgan fingerprint density at radius 3 is 3.00 bits per heavy atom. The van der Waals surface area contributed by atoms with Crippen LogP contribution in [-0.2, 0) is 14.3 Å². The number of hydrogen-bond acceptors (Lipinski definition) is 3. The average molecular weight is 323 g/mol. The number of piperidine rings is 1. The second-order valence-corrected chi connectivity index (χ2v) is 5.85. The van der Waals surface area contributed by atoms with Gasteiger partial charge < -0.3 is 15.0 Å². The minimum atomic E-state index is -0.373. The Balaban J connectivity index is 1.76. The molecule has 2 N–H and O–H groups in total. The quantitative estimate of drug-likeness (QED) is 0.768. The highest BCUT2D eigenvalue weighted by molar-refractivity contribution is 5.90. The summed E-state index contributed by atoms with van der Waals surface area (Å²) in [4.78, 5) is 25.0. The summed E-state index contributed by atoms with van der Waals surface area (Å²) in [5.74, 6) is -0.706. The van der Waals surface area contributed by atoms with Crippen molar-refractivity contribution in [3.8, 4) is 0 Å². The number of anilines is 1. The summed E-state index contributed by atoms with van der Waals surface area (Å²) >= 11 is 0. The molecule has 0 bridgehead atoms. The zero-order valence-corrected chi connectivity index (χ0v) is 13.4. The lowest BCUT2D eigenvalue weighted by Gasteiger charge is -2.28. The number of likely N-dealkylation sites (tertiary alicyclic amines) is 1. The number of amides is 1. The number of ether oxygens (including phenoxy) is 1. The molecular formula is C17H24FN2O3+. The van der Waals surface area contributed by atoms with Crippen LogP contribution < -0.4 is 10.2 Å². The maximum Gasteiger partial charge on any atom is 0.314 e. The van der Waals surface area contributed by atoms with E-state index >= 15 is 0 Å². The molecule has 1 fully saturated rings. The third-order valence-electron chi connectivity index (χ3n) is 4.05. The second-order valence-electron chi connectivity index (χ2n) is 5.85. The molecule has 23 heavy (non-hydrogen) atoms. The fourth-order valence-corrected chi connectivity index (χ4v) is 2.92. The van der Waals surface area contributed by atoms with Gasteiger partial charge >= 0.3 is 5.97 Å². The molecule has 0 saturated carbocycles. The molecule has 1 aliphatic heterocycles. The molecule has 0 aliphatic carbocycles. The monoisotopic (exact) mass is 323 g/mol. The smallest absolute Gasteiger partial charge is 0.314 e. The molecule has 1 amide bonds. The van der Waals surface area contributed by atoms with Crippen molar-refractivity contribution in [1.82, 2.24) is 0 Å². The Bertz CT molecular complexity index is 550. The highest BCUT2D eigenvalue weighted by Crippen LogP contribution is 2.10. The Morgan fingerprint density at radius 2 is 2.26 bits per heavy atom. The van der Waals surface area contributed by atoms with E-state index in [9.17, 15) is 14.0 Å². The normalized spacial score (nSPS) is 20.8. The zero-order valence-electron chi connectivity index (χ0n) is 13.4. The summed E-state index contributed by atoms with van der Waals surface area (Å²) < 4.78 is 18.2. The van der Waals surface area contributed by atoms with Crippen LogP contribution in [0.4, 0.5) is 10.1 Å². The van der Waals surface area contributed by atoms with Gasteiger partial charge in [0.15, 0.2) is 0 Å². The van der Waals surface area contributed by atoms with Gasteiger partial charge in [0.25, 0.3) is 0 Å². The van der Waals surface area contributed by atoms with E-state index in [2.05, 4.69) is 5.32 Å². The summed E-state index contributed by atoms with van der Waals surface area (Å²) in [7, 11) is 0. The molecule has 1 aliphatic rings. The third-order valence-corrected chi connectivity index (χ3v) is 4.05. The number of benzene rings is 1. The van der Waals surface area contributed by atoms with E-state index in [0.29, 0.717) is 31.8 Å². The molecule has 1 aromatic rings. The first-order valence-corrected chi connectivity index (χ1v) is 8.14. The van der Waals surface area contributed by atoms with E-state index < -0.39 is 0 Å². The van der Waals surface area contributed by atoms with Gasteiger partial charge in [-0.15, -0.1) is 0 Å². The van der Waals surface area contributed by atoms with Crippen LogP contribution in [0, 0.1) is 11.7 Å². The molecule has 1 heterocycles. The summed E-state index contributed by atoms with van der Waals surface area (Å²) in [6.07, 6.45) is 2.17. The molecule has 1 aromatic carbocycles. The van der Waals surface area contributed by atoms with Crippen LogP contribution in [0.1, 0.15) is 26.2 Å². The van der Waals surface area contributed by atoms with Crippen molar-refractivity contribution in [3.63, 3.8) is 0 Å². The van der Waals surface area contributed by atoms with Gasteiger partial charge in [0.05, 0.1) is 32.7 Å². The van der Waals surface area contributed by atoms with Crippen LogP contribution in [0.5, 0.6) is 0 Å². The highest BCUT2D eigenvalue weighted by Gasteiger charge is 2.29. The van der Waals surface area contributed by atoms with E-state index in [1.165, 1.54) is 17.0 Å². The molecule has 6 heteroatoms. The van der Waals surface area contributed by atoms with Crippen molar-refractivity contribution >= 4 is 17.6 Å². The molecule has 2 atom stereocenters. The Hall–Kier alpha value is -1.95. The predicted molar refractivity (Wildman–Crippen MR) is 84.6 cm³/mol. The zero-order chi connectivity index (χ0) is 16.7. The van der Waals surface area contributed by atoms with Gasteiger partial charge in [-0.05, 0) is 38.0 Å². The van der Waals surface area contributed by atoms with E-state index in [1.807, 2.05) is 6.92 Å². The SMILES string of the molecule is CCOC(=O)C1CCC[NH+](CCC(=O)Nc2cccc(F)c2)C1. The van der Waals surface area contributed by atoms with Gasteiger partial charge in [-0.1, -0.05) is 6.07 Å². The second kappa shape index (κ2) is 8.62. The van der Waals surface area contributed by atoms with Gasteiger partial charge in [-0.3, -0.25) is 9.59 Å². The standard InChI is InChI=1S/C17H23FN2O3/c1-2-23-17(22)13-5-4-9-20(12-13)10-8-16(21)19-15-7-3-6-14(18)11-15/h3,6-7,11,13H,2,4-5,8-10,12H2,1H3,(H,19,21)/p+1. The Labute approximate surface area is 135 Å². The van der Waals surface area contributed by atoms with Crippen LogP contribution in [0.25, 0.3) is 0 Å². The lowest BCUT2D eigenvalue weighted by atomic mass is 9.98. The maximum absolute atomic E-state index is 13.1. The minimum absolute atomic E-state index is 0.0648. The summed E-state index contributed by atoms with van der Waals surface area (Å²) in [6, 6.07) is 5.85. The summed E-state index contributed by atoms with van der Waals surface area (Å²) in [5, 5.41) is 2.69. The van der Waals surface area contributed by atoms with Gasteiger partial charge in [0, 0.05) is 5.69 Å². The van der Waals surface area contributed by atoms with Crippen molar-refractivity contribution in [2.24, 2.45) is 5.92 Å². The van der Waals surface area contributed by atoms with Crippen molar-refractivity contribution in [2.75, 3.05) is 31.6 Å². The Morgan fingerprint density at radius 1 is 1.43 bits per heavy atom. The van der Waals surface area contributed by atoms with Gasteiger partial charge in [0.1, 0.15) is 11.7 Å². The first-order chi connectivity index (χ1) is 11.1. The number of halogens is 1. The lowest BCUT2D eigenvalue weighted by Crippen LogP contribution is -3.13. The van der Waals surface area contributed by atoms with E-state index in [-0.39, 0.29) is 23.6 Å². The highest BCUT2D eigenvalue weighted by atomic mass is 19.1. The fraction of sp³-hybridized carbons (Fsp3) is 0.529. The minimum Gasteiger partial charge on any atom is -0.466 e. The number of nitrogens with one attached hydrogen (secondary N) is 2. The van der Waals surface area contributed by atoms with Gasteiger partial charge in [0.2, 0.25) is 5.91 Å². The first-order valence-electron chi connectivity index (χ1n) is 8.14. The number of carbonyl (C=O) groups excluding carboxylic acids is 2. The molecule has 2 rings (SSSR count). The number of quaternary nitrogens is 1. The molecule has 0 aromatic heterocycles. The van der Waals surface area contributed by atoms with Gasteiger partial charge in [-0.2, -0.15) is 0 Å². The molecule has 0 radical (unpaired) electrons. The van der Waals surface area contributed by atoms with E-state index in [1.54, 1.807) is 12.1 Å². The van der Waals surface area contributed by atoms with Crippen molar-refractivity contribution in [1.29, 1.82) is 0 Å². The molecule has 1 saturated heterocycles.